The molecule has 0 saturated carbocycles. The number of hydrogen-bond donors (Lipinski definition) is 0. The maximum absolute atomic E-state index is 6.61. The number of aliphatic imine (C=N–C) groups is 1. The van der Waals surface area contributed by atoms with E-state index in [4.69, 9.17) is 9.73 Å². The second-order valence-corrected chi connectivity index (χ2v) is 9.09. The fourth-order valence-electron chi connectivity index (χ4n) is 5.84. The van der Waals surface area contributed by atoms with Gasteiger partial charge in [0.25, 0.3) is 0 Å². The molecule has 0 aromatic rings. The quantitative estimate of drug-likeness (QED) is 0.613. The molecule has 2 aliphatic heterocycles. The molecule has 7 atom stereocenters. The zero-order valence-corrected chi connectivity index (χ0v) is 16.5. The first-order valence-electron chi connectivity index (χ1n) is 10.8. The van der Waals surface area contributed by atoms with E-state index in [0.29, 0.717) is 41.7 Å². The molecule has 0 aromatic heterocycles. The lowest BCUT2D eigenvalue weighted by molar-refractivity contribution is 0.0443. The molecule has 5 rings (SSSR count). The third kappa shape index (κ3) is 3.02. The molecule has 0 N–H and O–H groups in total. The fraction of sp³-hybridized carbons (Fsp3) is 0.560. The van der Waals surface area contributed by atoms with Crippen molar-refractivity contribution < 1.29 is 4.74 Å². The number of hydrogen-bond acceptors (Lipinski definition) is 2. The lowest BCUT2D eigenvalue weighted by atomic mass is 9.75. The van der Waals surface area contributed by atoms with E-state index in [1.54, 1.807) is 0 Å². The predicted octanol–water partition coefficient (Wildman–Crippen LogP) is 5.45. The van der Waals surface area contributed by atoms with Crippen molar-refractivity contribution in [1.29, 1.82) is 0 Å². The summed E-state index contributed by atoms with van der Waals surface area (Å²) in [6.07, 6.45) is 26.1. The lowest BCUT2D eigenvalue weighted by Gasteiger charge is -2.28. The van der Waals surface area contributed by atoms with Crippen LogP contribution in [0.25, 0.3) is 0 Å². The molecule has 5 aliphatic rings. The largest absolute Gasteiger partial charge is 0.369 e. The van der Waals surface area contributed by atoms with Gasteiger partial charge in [-0.3, -0.25) is 4.99 Å². The summed E-state index contributed by atoms with van der Waals surface area (Å²) in [5.74, 6) is 2.75. The van der Waals surface area contributed by atoms with Crippen molar-refractivity contribution in [3.8, 4) is 0 Å². The van der Waals surface area contributed by atoms with Crippen LogP contribution in [0.2, 0.25) is 0 Å². The molecule has 1 saturated heterocycles. The van der Waals surface area contributed by atoms with Gasteiger partial charge in [-0.15, -0.1) is 0 Å². The van der Waals surface area contributed by atoms with Gasteiger partial charge >= 0.3 is 0 Å². The van der Waals surface area contributed by atoms with Gasteiger partial charge in [-0.25, -0.2) is 0 Å². The highest BCUT2D eigenvalue weighted by atomic mass is 16.5. The van der Waals surface area contributed by atoms with Crippen LogP contribution in [0.15, 0.2) is 65.2 Å². The normalized spacial score (nSPS) is 42.3. The maximum atomic E-state index is 6.61. The van der Waals surface area contributed by atoms with Crippen molar-refractivity contribution >= 4 is 5.71 Å². The Balaban J connectivity index is 1.40. The Hall–Kier alpha value is -1.67. The molecule has 1 fully saturated rings. The molecular weight excluding hydrogens is 330 g/mol. The van der Waals surface area contributed by atoms with Gasteiger partial charge in [0.1, 0.15) is 0 Å². The van der Waals surface area contributed by atoms with E-state index in [2.05, 4.69) is 68.5 Å². The third-order valence-corrected chi connectivity index (χ3v) is 7.14. The minimum atomic E-state index is 0.232. The van der Waals surface area contributed by atoms with E-state index in [0.717, 1.165) is 19.3 Å². The number of rotatable bonds is 3. The summed E-state index contributed by atoms with van der Waals surface area (Å²) in [6, 6.07) is 0.299. The molecule has 0 spiro atoms. The molecule has 0 amide bonds. The first-order chi connectivity index (χ1) is 13.2. The van der Waals surface area contributed by atoms with Gasteiger partial charge < -0.3 is 4.74 Å². The first-order valence-corrected chi connectivity index (χ1v) is 10.8. The van der Waals surface area contributed by atoms with E-state index >= 15 is 0 Å². The molecule has 3 aliphatic carbocycles. The average molecular weight is 362 g/mol. The summed E-state index contributed by atoms with van der Waals surface area (Å²) in [6.45, 7) is 4.61. The predicted molar refractivity (Wildman–Crippen MR) is 112 cm³/mol. The Kier molecular flexibility index (Phi) is 4.55. The number of nitrogens with zero attached hydrogens (tertiary/aromatic N) is 1. The van der Waals surface area contributed by atoms with Crippen molar-refractivity contribution in [2.24, 2.45) is 34.6 Å². The molecular formula is C25H31NO. The highest BCUT2D eigenvalue weighted by Gasteiger charge is 2.47. The smallest absolute Gasteiger partial charge is 0.0881 e. The van der Waals surface area contributed by atoms with Crippen LogP contribution < -0.4 is 0 Å². The van der Waals surface area contributed by atoms with Gasteiger partial charge in [0.2, 0.25) is 0 Å². The van der Waals surface area contributed by atoms with Crippen LogP contribution in [0.4, 0.5) is 0 Å². The van der Waals surface area contributed by atoms with Crippen molar-refractivity contribution in [2.45, 2.75) is 57.8 Å². The molecule has 27 heavy (non-hydrogen) atoms. The number of fused-ring (bicyclic) bond motifs is 3. The summed E-state index contributed by atoms with van der Waals surface area (Å²) >= 11 is 0. The number of allylic oxidation sites excluding steroid dienone is 7. The molecule has 0 bridgehead atoms. The van der Waals surface area contributed by atoms with Gasteiger partial charge in [0.05, 0.1) is 18.2 Å². The van der Waals surface area contributed by atoms with Crippen LogP contribution in [0.5, 0.6) is 0 Å². The van der Waals surface area contributed by atoms with Crippen LogP contribution in [0.1, 0.15) is 39.5 Å². The molecule has 2 heteroatoms. The van der Waals surface area contributed by atoms with Crippen LogP contribution >= 0.6 is 0 Å². The lowest BCUT2D eigenvalue weighted by Crippen LogP contribution is -2.28. The van der Waals surface area contributed by atoms with E-state index in [1.165, 1.54) is 17.7 Å². The van der Waals surface area contributed by atoms with Crippen LogP contribution in [0, 0.1) is 29.6 Å². The summed E-state index contributed by atoms with van der Waals surface area (Å²) < 4.78 is 6.61. The van der Waals surface area contributed by atoms with E-state index in [1.807, 2.05) is 0 Å². The molecule has 142 valence electrons. The van der Waals surface area contributed by atoms with E-state index in [-0.39, 0.29) is 6.10 Å². The summed E-state index contributed by atoms with van der Waals surface area (Å²) in [7, 11) is 0. The molecule has 7 unspecified atom stereocenters. The van der Waals surface area contributed by atoms with Gasteiger partial charge in [-0.05, 0) is 43.1 Å². The highest BCUT2D eigenvalue weighted by molar-refractivity contribution is 5.91. The summed E-state index contributed by atoms with van der Waals surface area (Å²) in [5, 5.41) is 0. The Morgan fingerprint density at radius 1 is 1.04 bits per heavy atom. The van der Waals surface area contributed by atoms with E-state index in [9.17, 15) is 0 Å². The zero-order valence-electron chi connectivity index (χ0n) is 16.5. The van der Waals surface area contributed by atoms with Crippen LogP contribution in [0.3, 0.4) is 0 Å². The SMILES string of the molecule is CC(C)C1=NC(C2=CC=CC3C2OC2CCC=CC23)CC1C1C=CC=CC1. The Labute approximate surface area is 163 Å². The Morgan fingerprint density at radius 3 is 2.78 bits per heavy atom. The minimum absolute atomic E-state index is 0.232. The monoisotopic (exact) mass is 361 g/mol. The van der Waals surface area contributed by atoms with Crippen LogP contribution in [-0.4, -0.2) is 24.0 Å². The van der Waals surface area contributed by atoms with Crippen molar-refractivity contribution in [3.05, 3.63) is 60.3 Å². The summed E-state index contributed by atoms with van der Waals surface area (Å²) in [4.78, 5) is 5.30. The molecule has 0 radical (unpaired) electrons. The third-order valence-electron chi connectivity index (χ3n) is 7.14. The Bertz CT molecular complexity index is 765. The van der Waals surface area contributed by atoms with Gasteiger partial charge in [-0.2, -0.15) is 0 Å². The van der Waals surface area contributed by atoms with Crippen LogP contribution in [-0.2, 0) is 4.74 Å². The standard InChI is InChI=1S/C25H31NO/c1-16(2)24-21(17-9-4-3-5-10-17)15-22(26-24)20-13-8-12-19-18-11-6-7-14-23(18)27-25(19)20/h3-6,8-9,11-13,16-19,21-23,25H,7,10,14-15H2,1-2H3. The molecule has 0 aromatic carbocycles. The maximum Gasteiger partial charge on any atom is 0.0881 e. The topological polar surface area (TPSA) is 21.6 Å². The second-order valence-electron chi connectivity index (χ2n) is 9.09. The minimum Gasteiger partial charge on any atom is -0.369 e. The van der Waals surface area contributed by atoms with Gasteiger partial charge in [0.15, 0.2) is 0 Å². The zero-order chi connectivity index (χ0) is 18.4. The number of ether oxygens (including phenoxy) is 1. The average Bonchev–Trinajstić information content (AvgIpc) is 3.31. The summed E-state index contributed by atoms with van der Waals surface area (Å²) in [5.41, 5.74) is 2.86. The van der Waals surface area contributed by atoms with Gasteiger partial charge in [0, 0.05) is 23.5 Å². The van der Waals surface area contributed by atoms with Crippen molar-refractivity contribution in [2.75, 3.05) is 0 Å². The highest BCUT2D eigenvalue weighted by Crippen LogP contribution is 2.47. The second kappa shape index (κ2) is 7.05. The van der Waals surface area contributed by atoms with Gasteiger partial charge in [-0.1, -0.05) is 68.5 Å². The van der Waals surface area contributed by atoms with E-state index < -0.39 is 0 Å². The van der Waals surface area contributed by atoms with Crippen molar-refractivity contribution in [1.82, 2.24) is 0 Å². The Morgan fingerprint density at radius 2 is 1.96 bits per heavy atom. The van der Waals surface area contributed by atoms with Crippen molar-refractivity contribution in [3.63, 3.8) is 0 Å². The first kappa shape index (κ1) is 17.4. The fourth-order valence-corrected chi connectivity index (χ4v) is 5.84. The molecule has 2 nitrogen and oxygen atoms in total. The molecule has 2 heterocycles.